The molecule has 17 nitrogen and oxygen atoms in total. The van der Waals surface area contributed by atoms with Crippen molar-refractivity contribution in [2.45, 2.75) is 61.0 Å². The molecule has 0 spiro atoms. The summed E-state index contributed by atoms with van der Waals surface area (Å²) in [7, 11) is 0. The molecule has 8 rings (SSSR count). The van der Waals surface area contributed by atoms with Crippen molar-refractivity contribution in [2.24, 2.45) is 0 Å². The monoisotopic (exact) mass is 829 g/mol. The average molecular weight is 831 g/mol. The highest BCUT2D eigenvalue weighted by molar-refractivity contribution is 9.10. The zero-order chi connectivity index (χ0) is 39.5. The van der Waals surface area contributed by atoms with Gasteiger partial charge >= 0.3 is 0 Å². The van der Waals surface area contributed by atoms with E-state index in [4.69, 9.17) is 9.47 Å². The van der Waals surface area contributed by atoms with Gasteiger partial charge in [-0.2, -0.15) is 10.2 Å². The van der Waals surface area contributed by atoms with Gasteiger partial charge < -0.3 is 50.3 Å². The van der Waals surface area contributed by atoms with E-state index in [-0.39, 0.29) is 0 Å². The fraction of sp³-hybridized carbons (Fsp3) is 0.316. The second-order valence-corrected chi connectivity index (χ2v) is 14.0. The van der Waals surface area contributed by atoms with Crippen LogP contribution in [-0.2, 0) is 9.47 Å². The minimum Gasteiger partial charge on any atom is -0.394 e. The number of fused-ring (bicyclic) bond motifs is 2. The van der Waals surface area contributed by atoms with Crippen molar-refractivity contribution in [3.63, 3.8) is 0 Å². The van der Waals surface area contributed by atoms with Crippen LogP contribution in [0, 0.1) is 23.7 Å². The lowest BCUT2D eigenvalue weighted by Crippen LogP contribution is -2.58. The largest absolute Gasteiger partial charge is 0.394 e. The van der Waals surface area contributed by atoms with Gasteiger partial charge in [0.15, 0.2) is 0 Å². The second kappa shape index (κ2) is 17.0. The number of ether oxygens (including phenoxy) is 2. The molecule has 0 unspecified atom stereocenters. The highest BCUT2D eigenvalue weighted by Gasteiger charge is 2.43. The predicted molar refractivity (Wildman–Crippen MR) is 202 cm³/mol. The molecule has 0 radical (unpaired) electrons. The summed E-state index contributed by atoms with van der Waals surface area (Å²) in [6.45, 7) is -0.996. The molecule has 10 N–H and O–H groups in total. The lowest BCUT2D eigenvalue weighted by Gasteiger charge is -2.37. The van der Waals surface area contributed by atoms with Gasteiger partial charge in [-0.25, -0.2) is 4.68 Å². The van der Waals surface area contributed by atoms with Crippen LogP contribution in [0.2, 0.25) is 0 Å². The molecule has 3 aromatic heterocycles. The fourth-order valence-electron chi connectivity index (χ4n) is 6.26. The lowest BCUT2D eigenvalue weighted by molar-refractivity contribution is -0.214. The Bertz CT molecular complexity index is 2410. The Balaban J connectivity index is 0.000000183. The molecule has 0 aliphatic carbocycles. The number of aromatic nitrogens is 7. The lowest BCUT2D eigenvalue weighted by atomic mass is 9.95. The number of nitrogens with zero attached hydrogens (tertiary/aromatic N) is 5. The highest BCUT2D eigenvalue weighted by Crippen LogP contribution is 2.26. The number of aromatic amines is 2. The molecule has 2 aliphatic heterocycles. The van der Waals surface area contributed by atoms with Crippen molar-refractivity contribution in [1.82, 2.24) is 35.4 Å². The molecule has 6 aromatic rings. The summed E-state index contributed by atoms with van der Waals surface area (Å²) in [5.41, 5.74) is 4.99. The van der Waals surface area contributed by atoms with Crippen LogP contribution in [0.5, 0.6) is 0 Å². The van der Waals surface area contributed by atoms with Crippen LogP contribution in [-0.4, -0.2) is 150 Å². The number of aliphatic hydroxyl groups excluding tert-OH is 8. The first-order valence-corrected chi connectivity index (χ1v) is 18.1. The summed E-state index contributed by atoms with van der Waals surface area (Å²) in [5.74, 6) is 11.4. The summed E-state index contributed by atoms with van der Waals surface area (Å²) in [5, 5.41) is 102. The van der Waals surface area contributed by atoms with E-state index in [1.165, 1.54) is 0 Å². The van der Waals surface area contributed by atoms with Crippen LogP contribution in [0.4, 0.5) is 0 Å². The van der Waals surface area contributed by atoms with Crippen molar-refractivity contribution in [2.75, 3.05) is 13.2 Å². The molecule has 3 aromatic carbocycles. The summed E-state index contributed by atoms with van der Waals surface area (Å²) < 4.78 is 13.3. The third-order valence-electron chi connectivity index (χ3n) is 9.36. The van der Waals surface area contributed by atoms with Crippen LogP contribution in [0.25, 0.3) is 38.8 Å². The van der Waals surface area contributed by atoms with E-state index >= 15 is 0 Å². The number of rotatable bonds is 4. The molecule has 290 valence electrons. The van der Waals surface area contributed by atoms with Gasteiger partial charge in [0.25, 0.3) is 0 Å². The van der Waals surface area contributed by atoms with Crippen LogP contribution in [0.3, 0.4) is 0 Å². The zero-order valence-electron chi connectivity index (χ0n) is 29.1. The molecule has 56 heavy (non-hydrogen) atoms. The number of hydrogen-bond acceptors (Lipinski definition) is 14. The maximum Gasteiger partial charge on any atom is 0.147 e. The Morgan fingerprint density at radius 3 is 1.77 bits per heavy atom. The van der Waals surface area contributed by atoms with Gasteiger partial charge in [-0.1, -0.05) is 75.2 Å². The Morgan fingerprint density at radius 2 is 1.21 bits per heavy atom. The molecule has 0 saturated carbocycles. The van der Waals surface area contributed by atoms with E-state index < -0.39 is 74.3 Å². The first kappa shape index (κ1) is 39.2. The van der Waals surface area contributed by atoms with Crippen LogP contribution < -0.4 is 0 Å². The maximum absolute atomic E-state index is 10.3. The minimum atomic E-state index is -1.49. The van der Waals surface area contributed by atoms with Gasteiger partial charge in [0.05, 0.1) is 59.7 Å². The van der Waals surface area contributed by atoms with Gasteiger partial charge in [0.1, 0.15) is 66.7 Å². The van der Waals surface area contributed by atoms with E-state index in [0.29, 0.717) is 22.3 Å². The van der Waals surface area contributed by atoms with Crippen molar-refractivity contribution in [3.8, 4) is 40.6 Å². The Kier molecular flexibility index (Phi) is 11.9. The zero-order valence-corrected chi connectivity index (χ0v) is 30.7. The SMILES string of the molecule is OC[C@H]1O[C@H](C#Cc2cc(-n3cc(-c4ccccc4)nn3)cc3cn[nH]c23)[C@@H](O)[C@@H](O)[C@@H]1O.OC[C@H]1O[C@H](C#Cc2cc(Br)cc3cn[nH]c23)[C@@H](O)[C@@H](O)[C@@H]1O. The van der Waals surface area contributed by atoms with E-state index in [1.807, 2.05) is 48.7 Å². The minimum absolute atomic E-state index is 0.481. The van der Waals surface area contributed by atoms with Crippen molar-refractivity contribution < 1.29 is 50.3 Å². The van der Waals surface area contributed by atoms with Crippen molar-refractivity contribution in [3.05, 3.63) is 88.8 Å². The first-order valence-electron chi connectivity index (χ1n) is 17.3. The standard InChI is InChI=1S/C23H21N5O5.C15H15BrN2O5/c29-12-19-22(31)23(32)21(30)18(33-19)7-6-14-8-16(9-15-10-24-26-20(14)15)28-11-17(25-27-28)13-4-2-1-3-5-13;16-9-3-7(12-8(4-9)5-17-18-12)1-2-10-13(20)15(22)14(21)11(6-19)23-10/h1-5,8-11,18-19,21-23,29-32H,12H2,(H,24,26);3-5,10-11,13-15,19-22H,6H2,(H,17,18)/t18-,19-,21-,22-,23-;10-,11-,13-,14-,15-/m11/s1. The number of benzene rings is 3. The molecule has 0 bridgehead atoms. The highest BCUT2D eigenvalue weighted by atomic mass is 79.9. The van der Waals surface area contributed by atoms with Crippen LogP contribution >= 0.6 is 15.9 Å². The fourth-order valence-corrected chi connectivity index (χ4v) is 6.74. The van der Waals surface area contributed by atoms with E-state index in [9.17, 15) is 40.9 Å². The molecule has 2 saturated heterocycles. The van der Waals surface area contributed by atoms with Crippen molar-refractivity contribution >= 4 is 37.7 Å². The Morgan fingerprint density at radius 1 is 0.679 bits per heavy atom. The van der Waals surface area contributed by atoms with Gasteiger partial charge in [-0.05, 0) is 24.3 Å². The molecule has 5 heterocycles. The van der Waals surface area contributed by atoms with Crippen LogP contribution in [0.1, 0.15) is 11.1 Å². The van der Waals surface area contributed by atoms with E-state index in [2.05, 4.69) is 70.3 Å². The van der Waals surface area contributed by atoms with Gasteiger partial charge in [-0.3, -0.25) is 10.2 Å². The summed E-state index contributed by atoms with van der Waals surface area (Å²) >= 11 is 3.39. The third-order valence-corrected chi connectivity index (χ3v) is 9.82. The third kappa shape index (κ3) is 8.09. The first-order chi connectivity index (χ1) is 27.1. The molecular formula is C38H36BrN7O10. The molecule has 18 heteroatoms. The van der Waals surface area contributed by atoms with Gasteiger partial charge in [0.2, 0.25) is 0 Å². The number of H-pyrrole nitrogens is 2. The quantitative estimate of drug-likeness (QED) is 0.101. The number of hydrogen-bond donors (Lipinski definition) is 10. The van der Waals surface area contributed by atoms with E-state index in [1.54, 1.807) is 29.2 Å². The summed E-state index contributed by atoms with van der Waals surface area (Å²) in [6, 6.07) is 17.0. The Labute approximate surface area is 326 Å². The Hall–Kier alpha value is -5.06. The molecule has 10 atom stereocenters. The van der Waals surface area contributed by atoms with Gasteiger partial charge in [0, 0.05) is 20.8 Å². The summed E-state index contributed by atoms with van der Waals surface area (Å²) in [6.07, 6.45) is -7.53. The summed E-state index contributed by atoms with van der Waals surface area (Å²) in [4.78, 5) is 0. The van der Waals surface area contributed by atoms with Crippen LogP contribution in [0.15, 0.2) is 77.7 Å². The topological polar surface area (TPSA) is 268 Å². The van der Waals surface area contributed by atoms with E-state index in [0.717, 1.165) is 32.0 Å². The van der Waals surface area contributed by atoms with Gasteiger partial charge in [-0.15, -0.1) is 5.10 Å². The second-order valence-electron chi connectivity index (χ2n) is 13.1. The smallest absolute Gasteiger partial charge is 0.147 e. The molecule has 2 aliphatic rings. The number of aliphatic hydroxyl groups is 8. The van der Waals surface area contributed by atoms with Crippen molar-refractivity contribution in [1.29, 1.82) is 0 Å². The predicted octanol–water partition coefficient (Wildman–Crippen LogP) is -0.476. The molecular weight excluding hydrogens is 794 g/mol. The molecule has 2 fully saturated rings. The maximum atomic E-state index is 10.3. The number of halogens is 1. The normalized spacial score (nSPS) is 27.4. The molecule has 0 amide bonds. The number of nitrogens with one attached hydrogen (secondary N) is 2. The average Bonchev–Trinajstić information content (AvgIpc) is 4.01.